The van der Waals surface area contributed by atoms with Crippen molar-refractivity contribution in [2.24, 2.45) is 17.8 Å². The lowest BCUT2D eigenvalue weighted by atomic mass is 10.1. The number of aliphatic imine (C=N–C) groups is 1. The number of aromatic nitrogens is 1. The number of piperidine rings is 1. The van der Waals surface area contributed by atoms with Gasteiger partial charge in [-0.15, -0.1) is 0 Å². The largest absolute Gasteiger partial charge is 0.370 e. The topological polar surface area (TPSA) is 46.6 Å². The molecule has 0 radical (unpaired) electrons. The first-order valence-electron chi connectivity index (χ1n) is 6.14. The van der Waals surface area contributed by atoms with E-state index in [4.69, 9.17) is 28.9 Å². The molecule has 1 aromatic heterocycles. The highest BCUT2D eigenvalue weighted by Crippen LogP contribution is 2.25. The standard InChI is InChI=1S/C12H18Cl2N4/c1-17-9(7-10(13)11(17)14)8-16-12(15)18-5-3-2-4-6-18/h7H,2-6,8H2,1H3,(H2,15,16). The van der Waals surface area contributed by atoms with E-state index in [1.165, 1.54) is 19.3 Å². The van der Waals surface area contributed by atoms with Crippen molar-refractivity contribution in [3.05, 3.63) is 21.9 Å². The van der Waals surface area contributed by atoms with Crippen LogP contribution in [-0.4, -0.2) is 28.5 Å². The van der Waals surface area contributed by atoms with Crippen molar-refractivity contribution in [2.45, 2.75) is 25.8 Å². The molecule has 0 aliphatic carbocycles. The van der Waals surface area contributed by atoms with Crippen molar-refractivity contribution < 1.29 is 0 Å². The Hall–Kier alpha value is -0.870. The second-order valence-electron chi connectivity index (χ2n) is 4.56. The van der Waals surface area contributed by atoms with Gasteiger partial charge in [0.2, 0.25) is 0 Å². The molecule has 18 heavy (non-hydrogen) atoms. The van der Waals surface area contributed by atoms with Gasteiger partial charge in [-0.25, -0.2) is 4.99 Å². The summed E-state index contributed by atoms with van der Waals surface area (Å²) >= 11 is 12.0. The number of hydrogen-bond donors (Lipinski definition) is 1. The minimum atomic E-state index is 0.505. The first-order chi connectivity index (χ1) is 8.59. The Labute approximate surface area is 117 Å². The summed E-state index contributed by atoms with van der Waals surface area (Å²) in [6.07, 6.45) is 3.67. The van der Waals surface area contributed by atoms with Crippen LogP contribution in [0.2, 0.25) is 10.2 Å². The molecule has 100 valence electrons. The number of rotatable bonds is 2. The first-order valence-corrected chi connectivity index (χ1v) is 6.89. The smallest absolute Gasteiger partial charge is 0.191 e. The van der Waals surface area contributed by atoms with Crippen LogP contribution in [0.1, 0.15) is 25.0 Å². The Kier molecular flexibility index (Phi) is 4.40. The Morgan fingerprint density at radius 2 is 2.00 bits per heavy atom. The highest BCUT2D eigenvalue weighted by molar-refractivity contribution is 6.41. The molecule has 1 fully saturated rings. The third-order valence-corrected chi connectivity index (χ3v) is 4.14. The van der Waals surface area contributed by atoms with Crippen molar-refractivity contribution in [2.75, 3.05) is 13.1 Å². The Bertz CT molecular complexity index is 447. The van der Waals surface area contributed by atoms with Gasteiger partial charge in [0.25, 0.3) is 0 Å². The molecule has 1 aliphatic heterocycles. The van der Waals surface area contributed by atoms with Crippen LogP contribution < -0.4 is 5.73 Å². The molecule has 4 nitrogen and oxygen atoms in total. The monoisotopic (exact) mass is 288 g/mol. The van der Waals surface area contributed by atoms with Crippen LogP contribution in [0.15, 0.2) is 11.1 Å². The maximum absolute atomic E-state index is 6.00. The highest BCUT2D eigenvalue weighted by atomic mass is 35.5. The summed E-state index contributed by atoms with van der Waals surface area (Å²) in [6, 6.07) is 1.83. The van der Waals surface area contributed by atoms with E-state index >= 15 is 0 Å². The summed E-state index contributed by atoms with van der Waals surface area (Å²) < 4.78 is 1.83. The zero-order valence-electron chi connectivity index (χ0n) is 10.5. The molecule has 0 unspecified atom stereocenters. The molecule has 6 heteroatoms. The lowest BCUT2D eigenvalue weighted by molar-refractivity contribution is 0.338. The zero-order chi connectivity index (χ0) is 13.1. The van der Waals surface area contributed by atoms with Gasteiger partial charge in [0, 0.05) is 25.8 Å². The van der Waals surface area contributed by atoms with Gasteiger partial charge in [-0.2, -0.15) is 0 Å². The molecule has 2 heterocycles. The molecule has 2 rings (SSSR count). The minimum Gasteiger partial charge on any atom is -0.370 e. The van der Waals surface area contributed by atoms with Gasteiger partial charge in [-0.3, -0.25) is 0 Å². The highest BCUT2D eigenvalue weighted by Gasteiger charge is 2.13. The molecule has 0 amide bonds. The molecule has 1 aromatic rings. The van der Waals surface area contributed by atoms with Crippen molar-refractivity contribution in [3.8, 4) is 0 Å². The van der Waals surface area contributed by atoms with E-state index in [1.807, 2.05) is 17.7 Å². The summed E-state index contributed by atoms with van der Waals surface area (Å²) in [5.41, 5.74) is 6.95. The minimum absolute atomic E-state index is 0.505. The summed E-state index contributed by atoms with van der Waals surface area (Å²) in [5, 5.41) is 1.10. The van der Waals surface area contributed by atoms with Gasteiger partial charge >= 0.3 is 0 Å². The summed E-state index contributed by atoms with van der Waals surface area (Å²) in [4.78, 5) is 6.55. The fraction of sp³-hybridized carbons (Fsp3) is 0.583. The summed E-state index contributed by atoms with van der Waals surface area (Å²) in [5.74, 6) is 0.614. The Balaban J connectivity index is 2.02. The van der Waals surface area contributed by atoms with Crippen LogP contribution in [0.3, 0.4) is 0 Å². The molecular formula is C12H18Cl2N4. The number of nitrogens with zero attached hydrogens (tertiary/aromatic N) is 3. The summed E-state index contributed by atoms with van der Waals surface area (Å²) in [6.45, 7) is 2.51. The van der Waals surface area contributed by atoms with E-state index in [0.717, 1.165) is 18.8 Å². The van der Waals surface area contributed by atoms with E-state index < -0.39 is 0 Å². The lowest BCUT2D eigenvalue weighted by Gasteiger charge is -2.27. The lowest BCUT2D eigenvalue weighted by Crippen LogP contribution is -2.40. The molecule has 2 N–H and O–H groups in total. The Morgan fingerprint density at radius 3 is 2.56 bits per heavy atom. The molecule has 0 atom stereocenters. The van der Waals surface area contributed by atoms with Gasteiger partial charge < -0.3 is 15.2 Å². The number of nitrogens with two attached hydrogens (primary N) is 1. The van der Waals surface area contributed by atoms with Crippen LogP contribution >= 0.6 is 23.2 Å². The average Bonchev–Trinajstić information content (AvgIpc) is 2.64. The normalized spacial score (nSPS) is 17.3. The number of likely N-dealkylation sites (tertiary alicyclic amines) is 1. The summed E-state index contributed by atoms with van der Waals surface area (Å²) in [7, 11) is 1.87. The quantitative estimate of drug-likeness (QED) is 0.672. The van der Waals surface area contributed by atoms with Gasteiger partial charge in [0.05, 0.1) is 11.6 Å². The second-order valence-corrected chi connectivity index (χ2v) is 5.32. The van der Waals surface area contributed by atoms with E-state index in [-0.39, 0.29) is 0 Å². The van der Waals surface area contributed by atoms with Crippen LogP contribution in [0, 0.1) is 0 Å². The van der Waals surface area contributed by atoms with Crippen molar-refractivity contribution in [1.29, 1.82) is 0 Å². The van der Waals surface area contributed by atoms with E-state index in [2.05, 4.69) is 9.89 Å². The second kappa shape index (κ2) is 5.85. The van der Waals surface area contributed by atoms with E-state index in [9.17, 15) is 0 Å². The third-order valence-electron chi connectivity index (χ3n) is 3.30. The number of halogens is 2. The van der Waals surface area contributed by atoms with Crippen LogP contribution in [0.5, 0.6) is 0 Å². The van der Waals surface area contributed by atoms with Gasteiger partial charge in [0.1, 0.15) is 5.15 Å². The SMILES string of the molecule is Cn1c(CN=C(N)N2CCCCC2)cc(Cl)c1Cl. The molecule has 1 saturated heterocycles. The van der Waals surface area contributed by atoms with Crippen molar-refractivity contribution in [1.82, 2.24) is 9.47 Å². The van der Waals surface area contributed by atoms with Gasteiger partial charge in [-0.05, 0) is 25.3 Å². The van der Waals surface area contributed by atoms with E-state index in [1.54, 1.807) is 0 Å². The number of hydrogen-bond acceptors (Lipinski definition) is 1. The van der Waals surface area contributed by atoms with Crippen LogP contribution in [0.25, 0.3) is 0 Å². The maximum atomic E-state index is 6.00. The molecule has 0 aromatic carbocycles. The molecular weight excluding hydrogens is 271 g/mol. The first kappa shape index (κ1) is 13.6. The van der Waals surface area contributed by atoms with Crippen LogP contribution in [0.4, 0.5) is 0 Å². The zero-order valence-corrected chi connectivity index (χ0v) is 12.0. The maximum Gasteiger partial charge on any atom is 0.191 e. The Morgan fingerprint density at radius 1 is 1.33 bits per heavy atom. The van der Waals surface area contributed by atoms with Gasteiger partial charge in [0.15, 0.2) is 5.96 Å². The molecule has 0 bridgehead atoms. The van der Waals surface area contributed by atoms with E-state index in [0.29, 0.717) is 22.7 Å². The number of guanidine groups is 1. The average molecular weight is 289 g/mol. The van der Waals surface area contributed by atoms with Crippen molar-refractivity contribution in [3.63, 3.8) is 0 Å². The fourth-order valence-electron chi connectivity index (χ4n) is 2.13. The van der Waals surface area contributed by atoms with Crippen LogP contribution in [-0.2, 0) is 13.6 Å². The predicted octanol–water partition coefficient (Wildman–Crippen LogP) is 2.63. The molecule has 0 saturated carbocycles. The molecule has 1 aliphatic rings. The van der Waals surface area contributed by atoms with Crippen molar-refractivity contribution >= 4 is 29.2 Å². The van der Waals surface area contributed by atoms with Gasteiger partial charge in [-0.1, -0.05) is 23.2 Å². The predicted molar refractivity (Wildman–Crippen MR) is 76.2 cm³/mol. The molecule has 0 spiro atoms. The fourth-order valence-corrected chi connectivity index (χ4v) is 2.54. The third kappa shape index (κ3) is 2.93.